The zero-order valence-electron chi connectivity index (χ0n) is 13.7. The van der Waals surface area contributed by atoms with Gasteiger partial charge in [0, 0.05) is 11.5 Å². The first-order valence-electron chi connectivity index (χ1n) is 7.77. The molecule has 2 aromatic rings. The number of urea groups is 1. The highest BCUT2D eigenvalue weighted by Crippen LogP contribution is 2.46. The van der Waals surface area contributed by atoms with E-state index in [4.69, 9.17) is 9.47 Å². The number of hydrogen-bond acceptors (Lipinski definition) is 7. The van der Waals surface area contributed by atoms with E-state index < -0.39 is 40.9 Å². The number of benzene rings is 1. The predicted molar refractivity (Wildman–Crippen MR) is 87.8 cm³/mol. The van der Waals surface area contributed by atoms with E-state index in [9.17, 15) is 24.0 Å². The first-order chi connectivity index (χ1) is 12.9. The Hall–Kier alpha value is -3.89. The van der Waals surface area contributed by atoms with Crippen LogP contribution in [0, 0.1) is 5.92 Å². The number of rotatable bonds is 2. The first kappa shape index (κ1) is 16.6. The average Bonchev–Trinajstić information content (AvgIpc) is 2.59. The van der Waals surface area contributed by atoms with E-state index in [1.54, 1.807) is 6.07 Å². The molecule has 0 aliphatic carbocycles. The molecule has 0 unspecified atom stereocenters. The number of H-pyrrole nitrogens is 2. The summed E-state index contributed by atoms with van der Waals surface area (Å²) in [5.41, 5.74) is -1.41. The minimum Gasteiger partial charge on any atom is -0.497 e. The summed E-state index contributed by atoms with van der Waals surface area (Å²) in [7, 11) is 1.43. The van der Waals surface area contributed by atoms with Crippen molar-refractivity contribution in [2.45, 2.75) is 5.92 Å². The fourth-order valence-corrected chi connectivity index (χ4v) is 3.27. The lowest BCUT2D eigenvalue weighted by Crippen LogP contribution is -2.58. The zero-order valence-corrected chi connectivity index (χ0v) is 13.7. The number of aromatic amines is 2. The Bertz CT molecular complexity index is 1100. The third-order valence-electron chi connectivity index (χ3n) is 4.39. The summed E-state index contributed by atoms with van der Waals surface area (Å²) < 4.78 is 10.8. The number of ether oxygens (including phenoxy) is 2. The van der Waals surface area contributed by atoms with Crippen molar-refractivity contribution in [3.8, 4) is 17.4 Å². The molecule has 0 bridgehead atoms. The molecule has 2 aliphatic heterocycles. The number of hydrogen-bond donors (Lipinski definition) is 4. The molecule has 138 valence electrons. The first-order valence-corrected chi connectivity index (χ1v) is 7.77. The lowest BCUT2D eigenvalue weighted by atomic mass is 9.78. The molecule has 0 spiro atoms. The Morgan fingerprint density at radius 1 is 0.963 bits per heavy atom. The Balaban J connectivity index is 1.98. The molecule has 11 heteroatoms. The topological polar surface area (TPSA) is 159 Å². The van der Waals surface area contributed by atoms with Gasteiger partial charge in [0.15, 0.2) is 0 Å². The highest BCUT2D eigenvalue weighted by molar-refractivity contribution is 6.17. The second kappa shape index (κ2) is 5.83. The standard InChI is InChI=1S/C16H12N4O7/c1-26-5-2-3-7-6(4-5)8(9-11(21)17-15(24)18-12(9)22)10-13(23)19-16(25)20-14(10)27-7/h2-4,8-9H,1H3,(H2,19,20,23,25)(H2,17,18,21,22,24)/t8-/m0/s1. The van der Waals surface area contributed by atoms with Crippen LogP contribution in [-0.4, -0.2) is 34.9 Å². The van der Waals surface area contributed by atoms with Gasteiger partial charge in [-0.3, -0.25) is 35.0 Å². The highest BCUT2D eigenvalue weighted by Gasteiger charge is 2.46. The Morgan fingerprint density at radius 3 is 2.33 bits per heavy atom. The minimum atomic E-state index is -1.44. The summed E-state index contributed by atoms with van der Waals surface area (Å²) in [6, 6.07) is 3.67. The van der Waals surface area contributed by atoms with Crippen LogP contribution in [0.15, 0.2) is 27.8 Å². The van der Waals surface area contributed by atoms with Gasteiger partial charge < -0.3 is 9.47 Å². The maximum absolute atomic E-state index is 12.5. The molecule has 0 saturated carbocycles. The number of imide groups is 2. The molecule has 11 nitrogen and oxygen atoms in total. The summed E-state index contributed by atoms with van der Waals surface area (Å²) in [4.78, 5) is 64.7. The molecule has 3 heterocycles. The van der Waals surface area contributed by atoms with Crippen LogP contribution in [0.5, 0.6) is 17.4 Å². The molecular weight excluding hydrogens is 360 g/mol. The lowest BCUT2D eigenvalue weighted by molar-refractivity contribution is -0.136. The normalized spacial score (nSPS) is 18.7. The van der Waals surface area contributed by atoms with Crippen molar-refractivity contribution in [3.63, 3.8) is 0 Å². The second-order valence-electron chi connectivity index (χ2n) is 5.92. The van der Waals surface area contributed by atoms with E-state index >= 15 is 0 Å². The quantitative estimate of drug-likeness (QED) is 0.507. The maximum Gasteiger partial charge on any atom is 0.328 e. The molecule has 2 aliphatic rings. The third-order valence-corrected chi connectivity index (χ3v) is 4.39. The minimum absolute atomic E-state index is 0.111. The van der Waals surface area contributed by atoms with Crippen LogP contribution in [0.4, 0.5) is 4.79 Å². The van der Waals surface area contributed by atoms with Crippen molar-refractivity contribution in [3.05, 3.63) is 50.2 Å². The monoisotopic (exact) mass is 372 g/mol. The fraction of sp³-hybridized carbons (Fsp3) is 0.188. The summed E-state index contributed by atoms with van der Waals surface area (Å²) in [6.45, 7) is 0. The Kier molecular flexibility index (Phi) is 3.58. The molecule has 0 radical (unpaired) electrons. The van der Waals surface area contributed by atoms with Gasteiger partial charge in [0.25, 0.3) is 5.56 Å². The van der Waals surface area contributed by atoms with Gasteiger partial charge in [-0.15, -0.1) is 0 Å². The predicted octanol–water partition coefficient (Wildman–Crippen LogP) is -0.708. The molecule has 27 heavy (non-hydrogen) atoms. The molecule has 4 N–H and O–H groups in total. The van der Waals surface area contributed by atoms with Gasteiger partial charge >= 0.3 is 11.7 Å². The molecular formula is C16H12N4O7. The smallest absolute Gasteiger partial charge is 0.328 e. The van der Waals surface area contributed by atoms with Gasteiger partial charge in [-0.2, -0.15) is 0 Å². The fourth-order valence-electron chi connectivity index (χ4n) is 3.27. The number of fused-ring (bicyclic) bond motifs is 2. The van der Waals surface area contributed by atoms with E-state index in [1.807, 2.05) is 10.6 Å². The number of amides is 4. The Labute approximate surface area is 149 Å². The number of aromatic nitrogens is 2. The van der Waals surface area contributed by atoms with E-state index in [-0.39, 0.29) is 17.2 Å². The van der Waals surface area contributed by atoms with E-state index in [2.05, 4.69) is 9.97 Å². The molecule has 1 fully saturated rings. The van der Waals surface area contributed by atoms with Gasteiger partial charge in [0.05, 0.1) is 12.7 Å². The van der Waals surface area contributed by atoms with E-state index in [0.717, 1.165) is 0 Å². The van der Waals surface area contributed by atoms with Gasteiger partial charge in [-0.25, -0.2) is 9.59 Å². The van der Waals surface area contributed by atoms with Crippen LogP contribution in [0.3, 0.4) is 0 Å². The summed E-state index contributed by atoms with van der Waals surface area (Å²) in [6.07, 6.45) is 0. The van der Waals surface area contributed by atoms with Crippen LogP contribution in [0.1, 0.15) is 17.0 Å². The van der Waals surface area contributed by atoms with Crippen molar-refractivity contribution >= 4 is 17.8 Å². The number of barbiturate groups is 1. The maximum atomic E-state index is 12.5. The van der Waals surface area contributed by atoms with Gasteiger partial charge in [0.2, 0.25) is 17.7 Å². The van der Waals surface area contributed by atoms with Crippen molar-refractivity contribution in [1.29, 1.82) is 0 Å². The zero-order chi connectivity index (χ0) is 19.3. The Morgan fingerprint density at radius 2 is 1.67 bits per heavy atom. The molecule has 4 rings (SSSR count). The van der Waals surface area contributed by atoms with Crippen molar-refractivity contribution in [1.82, 2.24) is 20.6 Å². The van der Waals surface area contributed by atoms with Gasteiger partial charge in [-0.1, -0.05) is 0 Å². The number of nitrogens with one attached hydrogen (secondary N) is 4. The van der Waals surface area contributed by atoms with Crippen molar-refractivity contribution < 1.29 is 23.9 Å². The number of methoxy groups -OCH3 is 1. The van der Waals surface area contributed by atoms with Gasteiger partial charge in [-0.05, 0) is 18.2 Å². The van der Waals surface area contributed by atoms with Crippen LogP contribution >= 0.6 is 0 Å². The number of carbonyl (C=O) groups is 3. The second-order valence-corrected chi connectivity index (χ2v) is 5.92. The third kappa shape index (κ3) is 2.56. The van der Waals surface area contributed by atoms with Crippen LogP contribution in [-0.2, 0) is 9.59 Å². The molecule has 1 aromatic carbocycles. The van der Waals surface area contributed by atoms with Gasteiger partial charge in [0.1, 0.15) is 17.4 Å². The molecule has 1 saturated heterocycles. The van der Waals surface area contributed by atoms with Crippen LogP contribution in [0.25, 0.3) is 0 Å². The molecule has 1 aromatic heterocycles. The van der Waals surface area contributed by atoms with Crippen LogP contribution < -0.4 is 31.4 Å². The summed E-state index contributed by atoms with van der Waals surface area (Å²) in [5, 5.41) is 4.02. The number of carbonyl (C=O) groups excluding carboxylic acids is 3. The van der Waals surface area contributed by atoms with E-state index in [0.29, 0.717) is 11.3 Å². The lowest BCUT2D eigenvalue weighted by Gasteiger charge is -2.32. The van der Waals surface area contributed by atoms with Crippen molar-refractivity contribution in [2.24, 2.45) is 5.92 Å². The van der Waals surface area contributed by atoms with E-state index in [1.165, 1.54) is 19.2 Å². The summed E-state index contributed by atoms with van der Waals surface area (Å²) in [5.74, 6) is -3.85. The summed E-state index contributed by atoms with van der Waals surface area (Å²) >= 11 is 0. The van der Waals surface area contributed by atoms with Crippen LogP contribution in [0.2, 0.25) is 0 Å². The SMILES string of the molecule is COc1ccc2c(c1)[C@@H](C1C(=O)NC(=O)NC1=O)c1c([nH]c(=O)[nH]c1=O)O2. The largest absolute Gasteiger partial charge is 0.497 e. The average molecular weight is 372 g/mol. The molecule has 1 atom stereocenters. The van der Waals surface area contributed by atoms with Crippen molar-refractivity contribution in [2.75, 3.05) is 7.11 Å². The molecule has 4 amide bonds. The highest BCUT2D eigenvalue weighted by atomic mass is 16.5.